The van der Waals surface area contributed by atoms with Crippen molar-refractivity contribution in [3.05, 3.63) is 45.1 Å². The van der Waals surface area contributed by atoms with Gasteiger partial charge < -0.3 is 4.98 Å². The predicted molar refractivity (Wildman–Crippen MR) is 84.2 cm³/mol. The molecule has 3 rings (SSSR count). The summed E-state index contributed by atoms with van der Waals surface area (Å²) >= 11 is 12.0. The first kappa shape index (κ1) is 14.0. The Morgan fingerprint density at radius 1 is 1.10 bits per heavy atom. The molecule has 0 aliphatic rings. The topological polar surface area (TPSA) is 58.6 Å². The summed E-state index contributed by atoms with van der Waals surface area (Å²) < 4.78 is 0. The summed E-state index contributed by atoms with van der Waals surface area (Å²) in [5.41, 5.74) is 4.34. The number of nitrogens with zero attached hydrogens (tertiary/aromatic N) is 2. The van der Waals surface area contributed by atoms with Crippen molar-refractivity contribution in [3.8, 4) is 11.5 Å². The minimum absolute atomic E-state index is 0.458. The Kier molecular flexibility index (Phi) is 3.43. The van der Waals surface area contributed by atoms with Gasteiger partial charge in [0.05, 0.1) is 21.1 Å². The van der Waals surface area contributed by atoms with E-state index in [4.69, 9.17) is 23.2 Å². The van der Waals surface area contributed by atoms with Gasteiger partial charge in [0.2, 0.25) is 0 Å². The van der Waals surface area contributed by atoms with Gasteiger partial charge in [0.25, 0.3) is 0 Å². The van der Waals surface area contributed by atoms with Crippen LogP contribution in [0.15, 0.2) is 18.2 Å². The Balaban J connectivity index is 2.21. The molecule has 0 aliphatic carbocycles. The van der Waals surface area contributed by atoms with Gasteiger partial charge in [-0.1, -0.05) is 23.2 Å². The second-order valence-electron chi connectivity index (χ2n) is 4.82. The number of aromatic amines is 1. The van der Waals surface area contributed by atoms with Crippen molar-refractivity contribution in [1.82, 2.24) is 15.0 Å². The molecule has 3 aromatic rings. The number of aryl methyl sites for hydroxylation is 2. The lowest BCUT2D eigenvalue weighted by atomic mass is 10.1. The van der Waals surface area contributed by atoms with E-state index in [-0.39, 0.29) is 0 Å². The third-order valence-corrected chi connectivity index (χ3v) is 4.04. The lowest BCUT2D eigenvalue weighted by molar-refractivity contribution is 0.112. The maximum atomic E-state index is 11.0. The number of carbonyl (C=O) groups is 1. The molecular formula is C15H11Cl2N3O. The average molecular weight is 320 g/mol. The number of carbonyl (C=O) groups excluding carboxylic acids is 1. The zero-order valence-corrected chi connectivity index (χ0v) is 12.9. The van der Waals surface area contributed by atoms with Crippen molar-refractivity contribution < 1.29 is 4.79 Å². The van der Waals surface area contributed by atoms with Crippen LogP contribution in [0.3, 0.4) is 0 Å². The summed E-state index contributed by atoms with van der Waals surface area (Å²) in [5.74, 6) is 0.626. The predicted octanol–water partition coefficient (Wildman–Crippen LogP) is 4.36. The number of aromatic nitrogens is 3. The highest BCUT2D eigenvalue weighted by atomic mass is 35.5. The SMILES string of the molecule is Cc1cc(C=O)c(C)nc1-c1nc2cc(Cl)c(Cl)cc2[nH]1. The normalized spacial score (nSPS) is 11.0. The van der Waals surface area contributed by atoms with E-state index in [0.29, 0.717) is 32.8 Å². The Morgan fingerprint density at radius 3 is 2.52 bits per heavy atom. The van der Waals surface area contributed by atoms with E-state index in [9.17, 15) is 4.79 Å². The van der Waals surface area contributed by atoms with Crippen molar-refractivity contribution >= 4 is 40.5 Å². The number of benzene rings is 1. The fourth-order valence-corrected chi connectivity index (χ4v) is 2.52. The molecule has 0 saturated heterocycles. The van der Waals surface area contributed by atoms with Gasteiger partial charge in [0.15, 0.2) is 12.1 Å². The van der Waals surface area contributed by atoms with Gasteiger partial charge in [-0.25, -0.2) is 9.97 Å². The minimum Gasteiger partial charge on any atom is -0.337 e. The third kappa shape index (κ3) is 2.41. The molecule has 0 amide bonds. The monoisotopic (exact) mass is 319 g/mol. The summed E-state index contributed by atoms with van der Waals surface area (Å²) in [4.78, 5) is 23.1. The van der Waals surface area contributed by atoms with E-state index in [1.165, 1.54) is 0 Å². The molecule has 0 unspecified atom stereocenters. The number of hydrogen-bond donors (Lipinski definition) is 1. The van der Waals surface area contributed by atoms with Crippen LogP contribution in [0.1, 0.15) is 21.6 Å². The molecule has 21 heavy (non-hydrogen) atoms. The van der Waals surface area contributed by atoms with E-state index in [0.717, 1.165) is 22.9 Å². The molecule has 0 fully saturated rings. The van der Waals surface area contributed by atoms with E-state index in [1.54, 1.807) is 25.1 Å². The van der Waals surface area contributed by atoms with E-state index in [2.05, 4.69) is 15.0 Å². The van der Waals surface area contributed by atoms with Crippen LogP contribution in [-0.2, 0) is 0 Å². The van der Waals surface area contributed by atoms with Crippen LogP contribution in [0.5, 0.6) is 0 Å². The summed E-state index contributed by atoms with van der Waals surface area (Å²) in [6.45, 7) is 3.69. The van der Waals surface area contributed by atoms with Crippen LogP contribution in [0.2, 0.25) is 10.0 Å². The van der Waals surface area contributed by atoms with E-state index < -0.39 is 0 Å². The molecule has 0 saturated carbocycles. The fraction of sp³-hybridized carbons (Fsp3) is 0.133. The molecule has 1 N–H and O–H groups in total. The fourth-order valence-electron chi connectivity index (χ4n) is 2.20. The molecule has 0 spiro atoms. The number of rotatable bonds is 2. The molecule has 2 aromatic heterocycles. The highest BCUT2D eigenvalue weighted by Gasteiger charge is 2.13. The zero-order valence-electron chi connectivity index (χ0n) is 11.4. The molecule has 0 bridgehead atoms. The molecule has 4 nitrogen and oxygen atoms in total. The Hall–Kier alpha value is -1.91. The molecule has 0 radical (unpaired) electrons. The van der Waals surface area contributed by atoms with Crippen LogP contribution in [0.4, 0.5) is 0 Å². The van der Waals surface area contributed by atoms with Crippen molar-refractivity contribution in [1.29, 1.82) is 0 Å². The smallest absolute Gasteiger partial charge is 0.157 e. The Bertz CT molecular complexity index is 832. The summed E-state index contributed by atoms with van der Waals surface area (Å²) in [6, 6.07) is 5.25. The van der Waals surface area contributed by atoms with Crippen LogP contribution in [0.25, 0.3) is 22.6 Å². The maximum Gasteiger partial charge on any atom is 0.157 e. The van der Waals surface area contributed by atoms with Gasteiger partial charge in [0, 0.05) is 11.3 Å². The van der Waals surface area contributed by atoms with Gasteiger partial charge in [-0.15, -0.1) is 0 Å². The van der Waals surface area contributed by atoms with Crippen molar-refractivity contribution in [3.63, 3.8) is 0 Å². The number of imidazole rings is 1. The molecule has 6 heteroatoms. The molecule has 0 atom stereocenters. The Labute approximate surface area is 131 Å². The average Bonchev–Trinajstić information content (AvgIpc) is 2.84. The molecule has 2 heterocycles. The number of nitrogens with one attached hydrogen (secondary N) is 1. The van der Waals surface area contributed by atoms with Crippen molar-refractivity contribution in [2.45, 2.75) is 13.8 Å². The van der Waals surface area contributed by atoms with Crippen molar-refractivity contribution in [2.75, 3.05) is 0 Å². The first-order chi connectivity index (χ1) is 9.99. The highest BCUT2D eigenvalue weighted by Crippen LogP contribution is 2.29. The van der Waals surface area contributed by atoms with Gasteiger partial charge in [-0.2, -0.15) is 0 Å². The number of aldehydes is 1. The first-order valence-corrected chi connectivity index (χ1v) is 7.03. The van der Waals surface area contributed by atoms with Crippen molar-refractivity contribution in [2.24, 2.45) is 0 Å². The number of halogens is 2. The quantitative estimate of drug-likeness (QED) is 0.714. The molecule has 0 aliphatic heterocycles. The summed E-state index contributed by atoms with van der Waals surface area (Å²) in [7, 11) is 0. The van der Waals surface area contributed by atoms with Crippen LogP contribution in [-0.4, -0.2) is 21.2 Å². The molecular weight excluding hydrogens is 309 g/mol. The van der Waals surface area contributed by atoms with E-state index >= 15 is 0 Å². The summed E-state index contributed by atoms with van der Waals surface area (Å²) in [6.07, 6.45) is 0.803. The lowest BCUT2D eigenvalue weighted by Crippen LogP contribution is -1.97. The van der Waals surface area contributed by atoms with Crippen LogP contribution < -0.4 is 0 Å². The lowest BCUT2D eigenvalue weighted by Gasteiger charge is -2.05. The van der Waals surface area contributed by atoms with Gasteiger partial charge >= 0.3 is 0 Å². The van der Waals surface area contributed by atoms with E-state index in [1.807, 2.05) is 6.92 Å². The largest absolute Gasteiger partial charge is 0.337 e. The second-order valence-corrected chi connectivity index (χ2v) is 5.63. The molecule has 106 valence electrons. The second kappa shape index (κ2) is 5.13. The highest BCUT2D eigenvalue weighted by molar-refractivity contribution is 6.42. The Morgan fingerprint density at radius 2 is 1.81 bits per heavy atom. The maximum absolute atomic E-state index is 11.0. The van der Waals surface area contributed by atoms with Gasteiger partial charge in [0.1, 0.15) is 5.69 Å². The summed E-state index contributed by atoms with van der Waals surface area (Å²) in [5, 5.41) is 0.927. The minimum atomic E-state index is 0.458. The van der Waals surface area contributed by atoms with Gasteiger partial charge in [-0.3, -0.25) is 4.79 Å². The third-order valence-electron chi connectivity index (χ3n) is 3.32. The number of pyridine rings is 1. The number of H-pyrrole nitrogens is 1. The zero-order chi connectivity index (χ0) is 15.1. The first-order valence-electron chi connectivity index (χ1n) is 6.28. The van der Waals surface area contributed by atoms with Crippen LogP contribution >= 0.6 is 23.2 Å². The molecule has 1 aromatic carbocycles. The number of hydrogen-bond acceptors (Lipinski definition) is 3. The van der Waals surface area contributed by atoms with Gasteiger partial charge in [-0.05, 0) is 37.6 Å². The standard InChI is InChI=1S/C15H11Cl2N3O/c1-7-3-9(6-21)8(2)18-14(7)15-19-12-4-10(16)11(17)5-13(12)20-15/h3-6H,1-2H3,(H,19,20). The number of fused-ring (bicyclic) bond motifs is 1. The van der Waals surface area contributed by atoms with Crippen LogP contribution in [0, 0.1) is 13.8 Å².